The Morgan fingerprint density at radius 3 is 2.45 bits per heavy atom. The molecule has 4 rings (SSSR count). The number of piperidine rings is 1. The number of rotatable bonds is 4. The molecule has 0 N–H and O–H groups in total. The van der Waals surface area contributed by atoms with Crippen molar-refractivity contribution in [2.75, 3.05) is 44.2 Å². The maximum absolute atomic E-state index is 13.0. The summed E-state index contributed by atoms with van der Waals surface area (Å²) in [5.41, 5.74) is 0.456. The van der Waals surface area contributed by atoms with Gasteiger partial charge in [-0.2, -0.15) is 24.5 Å². The fourth-order valence-corrected chi connectivity index (χ4v) is 5.13. The van der Waals surface area contributed by atoms with Crippen LogP contribution >= 0.6 is 22.9 Å². The number of carbonyl (C=O) groups is 1. The van der Waals surface area contributed by atoms with Crippen molar-refractivity contribution in [3.63, 3.8) is 0 Å². The molecule has 2 aromatic heterocycles. The molecule has 2 aliphatic heterocycles. The van der Waals surface area contributed by atoms with Crippen molar-refractivity contribution < 1.29 is 18.0 Å². The number of pyridine rings is 1. The predicted molar refractivity (Wildman–Crippen MR) is 115 cm³/mol. The summed E-state index contributed by atoms with van der Waals surface area (Å²) in [6.45, 7) is 5.21. The van der Waals surface area contributed by atoms with E-state index in [1.807, 2.05) is 9.80 Å². The third-order valence-corrected chi connectivity index (χ3v) is 6.97. The first-order valence-electron chi connectivity index (χ1n) is 10.3. The van der Waals surface area contributed by atoms with Gasteiger partial charge in [-0.15, -0.1) is 0 Å². The van der Waals surface area contributed by atoms with E-state index in [2.05, 4.69) is 26.7 Å². The summed E-state index contributed by atoms with van der Waals surface area (Å²) >= 11 is 7.77. The Morgan fingerprint density at radius 2 is 1.87 bits per heavy atom. The first-order valence-corrected chi connectivity index (χ1v) is 11.6. The zero-order chi connectivity index (χ0) is 22.0. The highest BCUT2D eigenvalue weighted by atomic mass is 35.5. The van der Waals surface area contributed by atoms with Crippen LogP contribution in [0.25, 0.3) is 0 Å². The average Bonchev–Trinajstić information content (AvgIpc) is 3.26. The molecule has 31 heavy (non-hydrogen) atoms. The van der Waals surface area contributed by atoms with E-state index in [0.29, 0.717) is 31.7 Å². The first kappa shape index (κ1) is 22.4. The second kappa shape index (κ2) is 9.34. The van der Waals surface area contributed by atoms with Gasteiger partial charge in [0.2, 0.25) is 5.91 Å². The molecule has 2 fully saturated rings. The lowest BCUT2D eigenvalue weighted by molar-refractivity contribution is -0.138. The van der Waals surface area contributed by atoms with Gasteiger partial charge in [0.25, 0.3) is 0 Å². The minimum absolute atomic E-state index is 0.0126. The number of aromatic nitrogens is 1. The van der Waals surface area contributed by atoms with Gasteiger partial charge in [0, 0.05) is 57.9 Å². The van der Waals surface area contributed by atoms with Gasteiger partial charge in [-0.1, -0.05) is 11.6 Å². The number of anilines is 1. The van der Waals surface area contributed by atoms with Crippen LogP contribution in [0.15, 0.2) is 29.1 Å². The van der Waals surface area contributed by atoms with Gasteiger partial charge in [0.1, 0.15) is 5.82 Å². The lowest BCUT2D eigenvalue weighted by atomic mass is 9.95. The van der Waals surface area contributed by atoms with Crippen LogP contribution in [0.5, 0.6) is 0 Å². The summed E-state index contributed by atoms with van der Waals surface area (Å²) in [6, 6.07) is 3.05. The topological polar surface area (TPSA) is 39.7 Å². The van der Waals surface area contributed by atoms with E-state index in [4.69, 9.17) is 11.6 Å². The lowest BCUT2D eigenvalue weighted by Crippen LogP contribution is -2.51. The van der Waals surface area contributed by atoms with Gasteiger partial charge < -0.3 is 9.80 Å². The van der Waals surface area contributed by atoms with Gasteiger partial charge in [-0.25, -0.2) is 4.98 Å². The van der Waals surface area contributed by atoms with Crippen LogP contribution in [-0.2, 0) is 17.5 Å². The smallest absolute Gasteiger partial charge is 0.355 e. The van der Waals surface area contributed by atoms with Crippen LogP contribution in [0.3, 0.4) is 0 Å². The van der Waals surface area contributed by atoms with Crippen molar-refractivity contribution in [2.45, 2.75) is 25.6 Å². The molecule has 0 saturated carbocycles. The Kier molecular flexibility index (Phi) is 6.74. The molecular weight excluding hydrogens is 449 g/mol. The molecule has 168 valence electrons. The Morgan fingerprint density at radius 1 is 1.16 bits per heavy atom. The molecule has 10 heteroatoms. The molecule has 1 amide bonds. The van der Waals surface area contributed by atoms with E-state index in [0.717, 1.165) is 45.0 Å². The van der Waals surface area contributed by atoms with Crippen molar-refractivity contribution in [1.29, 1.82) is 0 Å². The molecule has 2 aromatic rings. The van der Waals surface area contributed by atoms with Crippen molar-refractivity contribution >= 4 is 34.7 Å². The Labute approximate surface area is 188 Å². The van der Waals surface area contributed by atoms with E-state index in [1.54, 1.807) is 11.3 Å². The summed E-state index contributed by atoms with van der Waals surface area (Å²) in [4.78, 5) is 23.1. The summed E-state index contributed by atoms with van der Waals surface area (Å²) < 4.78 is 38.5. The van der Waals surface area contributed by atoms with Crippen molar-refractivity contribution in [3.05, 3.63) is 45.2 Å². The van der Waals surface area contributed by atoms with Gasteiger partial charge in [-0.3, -0.25) is 9.69 Å². The molecular formula is C21H24ClF3N4OS. The SMILES string of the molecule is O=C(C1CCN(c2ncc(C(F)(F)F)cc2Cl)CC1)N1CCN(Cc2ccsc2)CC1. The molecule has 0 atom stereocenters. The third-order valence-electron chi connectivity index (χ3n) is 5.96. The van der Waals surface area contributed by atoms with Gasteiger partial charge in [-0.05, 0) is 41.3 Å². The van der Waals surface area contributed by atoms with Crippen LogP contribution in [0.1, 0.15) is 24.0 Å². The van der Waals surface area contributed by atoms with Gasteiger partial charge >= 0.3 is 6.18 Å². The highest BCUT2D eigenvalue weighted by Crippen LogP contribution is 2.34. The Bertz CT molecular complexity index is 893. The Hall–Kier alpha value is -1.84. The third kappa shape index (κ3) is 5.32. The summed E-state index contributed by atoms with van der Waals surface area (Å²) in [5.74, 6) is 0.469. The van der Waals surface area contributed by atoms with Crippen molar-refractivity contribution in [2.24, 2.45) is 5.92 Å². The largest absolute Gasteiger partial charge is 0.417 e. The minimum Gasteiger partial charge on any atom is -0.355 e. The Balaban J connectivity index is 1.27. The summed E-state index contributed by atoms with van der Waals surface area (Å²) in [6.07, 6.45) is -2.36. The lowest BCUT2D eigenvalue weighted by Gasteiger charge is -2.39. The van der Waals surface area contributed by atoms with Crippen LogP contribution in [0.2, 0.25) is 5.02 Å². The van der Waals surface area contributed by atoms with Crippen LogP contribution in [0, 0.1) is 5.92 Å². The number of hydrogen-bond acceptors (Lipinski definition) is 5. The molecule has 0 unspecified atom stereocenters. The normalized spacial score (nSPS) is 19.1. The number of piperazine rings is 1. The number of amides is 1. The number of thiophene rings is 1. The van der Waals surface area contributed by atoms with Crippen LogP contribution < -0.4 is 4.90 Å². The monoisotopic (exact) mass is 472 g/mol. The number of nitrogens with zero attached hydrogens (tertiary/aromatic N) is 4. The van der Waals surface area contributed by atoms with E-state index in [1.165, 1.54) is 5.56 Å². The first-order chi connectivity index (χ1) is 14.8. The van der Waals surface area contributed by atoms with Crippen molar-refractivity contribution in [3.8, 4) is 0 Å². The van der Waals surface area contributed by atoms with Crippen LogP contribution in [-0.4, -0.2) is 60.0 Å². The number of carbonyl (C=O) groups excluding carboxylic acids is 1. The van der Waals surface area contributed by atoms with E-state index in [9.17, 15) is 18.0 Å². The van der Waals surface area contributed by atoms with Gasteiger partial charge in [0.15, 0.2) is 0 Å². The highest BCUT2D eigenvalue weighted by Gasteiger charge is 2.34. The minimum atomic E-state index is -4.47. The standard InChI is InChI=1S/C21H24ClF3N4OS/c22-18-11-17(21(23,24)25)12-26-19(18)28-4-1-16(2-5-28)20(30)29-8-6-27(7-9-29)13-15-3-10-31-14-15/h3,10-12,14,16H,1-2,4-9,13H2. The van der Waals surface area contributed by atoms with E-state index < -0.39 is 11.7 Å². The maximum atomic E-state index is 13.0. The van der Waals surface area contributed by atoms with E-state index >= 15 is 0 Å². The summed E-state index contributed by atoms with van der Waals surface area (Å²) in [7, 11) is 0. The second-order valence-corrected chi connectivity index (χ2v) is 9.21. The molecule has 0 bridgehead atoms. The molecule has 2 aliphatic rings. The van der Waals surface area contributed by atoms with Crippen LogP contribution in [0.4, 0.5) is 19.0 Å². The molecule has 0 spiro atoms. The maximum Gasteiger partial charge on any atom is 0.417 e. The zero-order valence-corrected chi connectivity index (χ0v) is 18.5. The van der Waals surface area contributed by atoms with E-state index in [-0.39, 0.29) is 16.8 Å². The fraction of sp³-hybridized carbons (Fsp3) is 0.524. The molecule has 0 aromatic carbocycles. The molecule has 0 aliphatic carbocycles. The molecule has 4 heterocycles. The molecule has 0 radical (unpaired) electrons. The number of alkyl halides is 3. The average molecular weight is 473 g/mol. The predicted octanol–water partition coefficient (Wildman–Crippen LogP) is 4.38. The second-order valence-electron chi connectivity index (χ2n) is 8.02. The van der Waals surface area contributed by atoms with Gasteiger partial charge in [0.05, 0.1) is 10.6 Å². The zero-order valence-electron chi connectivity index (χ0n) is 16.9. The summed E-state index contributed by atoms with van der Waals surface area (Å²) in [5, 5.41) is 4.22. The molecule has 5 nitrogen and oxygen atoms in total. The number of halogens is 4. The fourth-order valence-electron chi connectivity index (χ4n) is 4.18. The van der Waals surface area contributed by atoms with Crippen molar-refractivity contribution in [1.82, 2.24) is 14.8 Å². The highest BCUT2D eigenvalue weighted by molar-refractivity contribution is 7.07. The molecule has 2 saturated heterocycles. The number of hydrogen-bond donors (Lipinski definition) is 0. The quantitative estimate of drug-likeness (QED) is 0.662.